The summed E-state index contributed by atoms with van der Waals surface area (Å²) in [6.45, 7) is 4.84. The molecule has 3 aliphatic rings. The first-order valence-corrected chi connectivity index (χ1v) is 7.53. The lowest BCUT2D eigenvalue weighted by Gasteiger charge is -2.44. The van der Waals surface area contributed by atoms with E-state index in [2.05, 4.69) is 10.2 Å². The van der Waals surface area contributed by atoms with Crippen molar-refractivity contribution in [2.24, 2.45) is 5.92 Å². The zero-order valence-corrected chi connectivity index (χ0v) is 12.7. The van der Waals surface area contributed by atoms with E-state index in [0.29, 0.717) is 30.9 Å². The highest BCUT2D eigenvalue weighted by Gasteiger charge is 2.36. The number of piperidine rings is 1. The van der Waals surface area contributed by atoms with Crippen LogP contribution in [0, 0.1) is 5.92 Å². The number of amides is 1. The smallest absolute Gasteiger partial charge is 0.224 e. The largest absolute Gasteiger partial charge is 0.381 e. The average molecular weight is 305 g/mol. The van der Waals surface area contributed by atoms with Crippen LogP contribution < -0.4 is 5.32 Å². The van der Waals surface area contributed by atoms with Gasteiger partial charge in [0.15, 0.2) is 0 Å². The fraction of sp³-hybridized carbons (Fsp3) is 0.929. The van der Waals surface area contributed by atoms with Gasteiger partial charge in [0.1, 0.15) is 0 Å². The third kappa shape index (κ3) is 3.64. The number of carbonyl (C=O) groups is 1. The molecule has 116 valence electrons. The van der Waals surface area contributed by atoms with E-state index < -0.39 is 0 Å². The lowest BCUT2D eigenvalue weighted by Crippen LogP contribution is -2.54. The maximum Gasteiger partial charge on any atom is 0.224 e. The Labute approximate surface area is 126 Å². The first-order chi connectivity index (χ1) is 9.34. The quantitative estimate of drug-likeness (QED) is 0.820. The highest BCUT2D eigenvalue weighted by Crippen LogP contribution is 2.30. The molecule has 3 aliphatic heterocycles. The second kappa shape index (κ2) is 7.59. The monoisotopic (exact) mass is 304 g/mol. The zero-order valence-electron chi connectivity index (χ0n) is 11.9. The van der Waals surface area contributed by atoms with Crippen molar-refractivity contribution in [2.75, 3.05) is 39.5 Å². The third-order valence-corrected chi connectivity index (χ3v) is 4.55. The van der Waals surface area contributed by atoms with E-state index >= 15 is 0 Å². The molecule has 3 unspecified atom stereocenters. The van der Waals surface area contributed by atoms with Crippen LogP contribution >= 0.6 is 12.4 Å². The molecule has 3 rings (SSSR count). The molecule has 5 nitrogen and oxygen atoms in total. The van der Waals surface area contributed by atoms with Gasteiger partial charge in [0.2, 0.25) is 5.91 Å². The maximum atomic E-state index is 12.5. The molecule has 0 aromatic rings. The fourth-order valence-corrected chi connectivity index (χ4v) is 3.55. The van der Waals surface area contributed by atoms with Gasteiger partial charge in [0.05, 0.1) is 19.8 Å². The van der Waals surface area contributed by atoms with E-state index in [1.807, 2.05) is 0 Å². The summed E-state index contributed by atoms with van der Waals surface area (Å²) in [5.41, 5.74) is 0. The molecule has 0 saturated carbocycles. The van der Waals surface area contributed by atoms with Gasteiger partial charge in [-0.2, -0.15) is 0 Å². The summed E-state index contributed by atoms with van der Waals surface area (Å²) in [5, 5.41) is 3.36. The SMILES string of the molecule is Cl.O=C(CC1COCCN1)N1CCCC2COCCC21. The van der Waals surface area contributed by atoms with E-state index in [1.54, 1.807) is 0 Å². The van der Waals surface area contributed by atoms with E-state index in [1.165, 1.54) is 6.42 Å². The van der Waals surface area contributed by atoms with Gasteiger partial charge in [0.25, 0.3) is 0 Å². The third-order valence-electron chi connectivity index (χ3n) is 4.55. The minimum absolute atomic E-state index is 0. The molecule has 6 heteroatoms. The summed E-state index contributed by atoms with van der Waals surface area (Å²) in [5.74, 6) is 0.849. The van der Waals surface area contributed by atoms with Crippen LogP contribution in [0.4, 0.5) is 0 Å². The number of rotatable bonds is 2. The Balaban J connectivity index is 0.00000147. The van der Waals surface area contributed by atoms with Crippen LogP contribution in [-0.4, -0.2) is 62.4 Å². The molecular weight excluding hydrogens is 280 g/mol. The summed E-state index contributed by atoms with van der Waals surface area (Å²) < 4.78 is 11.0. The highest BCUT2D eigenvalue weighted by atomic mass is 35.5. The van der Waals surface area contributed by atoms with Gasteiger partial charge in [-0.05, 0) is 19.3 Å². The number of nitrogens with one attached hydrogen (secondary N) is 1. The maximum absolute atomic E-state index is 12.5. The molecular formula is C14H25ClN2O3. The minimum atomic E-state index is 0. The van der Waals surface area contributed by atoms with Gasteiger partial charge in [0, 0.05) is 44.1 Å². The Kier molecular flexibility index (Phi) is 6.08. The number of morpholine rings is 1. The average Bonchev–Trinajstić information content (AvgIpc) is 2.47. The highest BCUT2D eigenvalue weighted by molar-refractivity contribution is 5.85. The van der Waals surface area contributed by atoms with Crippen LogP contribution in [0.2, 0.25) is 0 Å². The van der Waals surface area contributed by atoms with Gasteiger partial charge >= 0.3 is 0 Å². The number of nitrogens with zero attached hydrogens (tertiary/aromatic N) is 1. The van der Waals surface area contributed by atoms with Crippen molar-refractivity contribution in [1.82, 2.24) is 10.2 Å². The Bertz CT molecular complexity index is 322. The van der Waals surface area contributed by atoms with Crippen molar-refractivity contribution in [1.29, 1.82) is 0 Å². The fourth-order valence-electron chi connectivity index (χ4n) is 3.55. The molecule has 3 atom stereocenters. The van der Waals surface area contributed by atoms with Crippen LogP contribution in [-0.2, 0) is 14.3 Å². The number of halogens is 1. The number of hydrogen-bond donors (Lipinski definition) is 1. The summed E-state index contributed by atoms with van der Waals surface area (Å²) in [4.78, 5) is 14.6. The van der Waals surface area contributed by atoms with Crippen LogP contribution in [0.15, 0.2) is 0 Å². The van der Waals surface area contributed by atoms with Crippen LogP contribution in [0.5, 0.6) is 0 Å². The molecule has 0 aromatic heterocycles. The standard InChI is InChI=1S/C14H24N2O3.ClH/c17-14(8-12-10-19-7-4-15-12)16-5-1-2-11-9-18-6-3-13(11)16;/h11-13,15H,1-10H2;1H. The van der Waals surface area contributed by atoms with Crippen molar-refractivity contribution in [2.45, 2.75) is 37.8 Å². The first-order valence-electron chi connectivity index (χ1n) is 7.53. The van der Waals surface area contributed by atoms with E-state index in [9.17, 15) is 4.79 Å². The van der Waals surface area contributed by atoms with Crippen LogP contribution in [0.25, 0.3) is 0 Å². The Morgan fingerprint density at radius 1 is 1.20 bits per heavy atom. The summed E-state index contributed by atoms with van der Waals surface area (Å²) in [7, 11) is 0. The van der Waals surface area contributed by atoms with E-state index in [0.717, 1.165) is 45.8 Å². The lowest BCUT2D eigenvalue weighted by molar-refractivity contribution is -0.141. The van der Waals surface area contributed by atoms with Gasteiger partial charge in [-0.25, -0.2) is 0 Å². The molecule has 1 N–H and O–H groups in total. The number of fused-ring (bicyclic) bond motifs is 1. The van der Waals surface area contributed by atoms with Crippen molar-refractivity contribution in [3.05, 3.63) is 0 Å². The van der Waals surface area contributed by atoms with Gasteiger partial charge in [-0.3, -0.25) is 4.79 Å². The number of likely N-dealkylation sites (tertiary alicyclic amines) is 1. The molecule has 0 aromatic carbocycles. The van der Waals surface area contributed by atoms with Crippen molar-refractivity contribution >= 4 is 18.3 Å². The predicted molar refractivity (Wildman–Crippen MR) is 78.1 cm³/mol. The first kappa shape index (κ1) is 16.0. The normalized spacial score (nSPS) is 34.0. The van der Waals surface area contributed by atoms with Crippen LogP contribution in [0.1, 0.15) is 25.7 Å². The molecule has 0 spiro atoms. The summed E-state index contributed by atoms with van der Waals surface area (Å²) in [6.07, 6.45) is 3.90. The second-order valence-electron chi connectivity index (χ2n) is 5.85. The lowest BCUT2D eigenvalue weighted by atomic mass is 9.86. The molecule has 0 radical (unpaired) electrons. The summed E-state index contributed by atoms with van der Waals surface area (Å²) in [6, 6.07) is 0.612. The minimum Gasteiger partial charge on any atom is -0.381 e. The Morgan fingerprint density at radius 3 is 2.85 bits per heavy atom. The predicted octanol–water partition coefficient (Wildman–Crippen LogP) is 0.814. The van der Waals surface area contributed by atoms with E-state index in [4.69, 9.17) is 9.47 Å². The second-order valence-corrected chi connectivity index (χ2v) is 5.85. The zero-order chi connectivity index (χ0) is 13.1. The van der Waals surface area contributed by atoms with Gasteiger partial charge in [-0.1, -0.05) is 0 Å². The molecule has 3 saturated heterocycles. The number of carbonyl (C=O) groups excluding carboxylic acids is 1. The Morgan fingerprint density at radius 2 is 2.05 bits per heavy atom. The topological polar surface area (TPSA) is 50.8 Å². The van der Waals surface area contributed by atoms with Crippen molar-refractivity contribution in [3.63, 3.8) is 0 Å². The molecule has 0 bridgehead atoms. The Hall–Kier alpha value is -0.360. The molecule has 0 aliphatic carbocycles. The molecule has 3 fully saturated rings. The van der Waals surface area contributed by atoms with E-state index in [-0.39, 0.29) is 18.4 Å². The van der Waals surface area contributed by atoms with Gasteiger partial charge < -0.3 is 19.7 Å². The molecule has 3 heterocycles. The van der Waals surface area contributed by atoms with Crippen molar-refractivity contribution < 1.29 is 14.3 Å². The number of ether oxygens (including phenoxy) is 2. The molecule has 1 amide bonds. The van der Waals surface area contributed by atoms with Crippen molar-refractivity contribution in [3.8, 4) is 0 Å². The summed E-state index contributed by atoms with van der Waals surface area (Å²) >= 11 is 0. The van der Waals surface area contributed by atoms with Crippen LogP contribution in [0.3, 0.4) is 0 Å². The van der Waals surface area contributed by atoms with Gasteiger partial charge in [-0.15, -0.1) is 12.4 Å². The molecule has 20 heavy (non-hydrogen) atoms. The number of hydrogen-bond acceptors (Lipinski definition) is 4.